The third kappa shape index (κ3) is 6.30. The number of hydrogen-bond donors (Lipinski definition) is 0. The van der Waals surface area contributed by atoms with Gasteiger partial charge in [0.1, 0.15) is 22.9 Å². The molecule has 2 aromatic rings. The normalized spacial score (nSPS) is 24.6. The van der Waals surface area contributed by atoms with Crippen LogP contribution in [0.1, 0.15) is 50.8 Å². The van der Waals surface area contributed by atoms with Crippen molar-refractivity contribution in [2.24, 2.45) is 11.8 Å². The molecule has 11 heteroatoms. The van der Waals surface area contributed by atoms with Gasteiger partial charge in [-0.3, -0.25) is 0 Å². The highest BCUT2D eigenvalue weighted by atomic mass is 19.3. The maximum absolute atomic E-state index is 14.6. The second kappa shape index (κ2) is 11.8. The Bertz CT molecular complexity index is 987. The molecule has 2 heterocycles. The number of alkyl halides is 2. The van der Waals surface area contributed by atoms with Crippen LogP contribution in [-0.4, -0.2) is 26.1 Å². The van der Waals surface area contributed by atoms with Crippen molar-refractivity contribution in [3.8, 4) is 5.75 Å². The average Bonchev–Trinajstić information content (AvgIpc) is 2.83. The summed E-state index contributed by atoms with van der Waals surface area (Å²) < 4.78 is 119. The van der Waals surface area contributed by atoms with E-state index in [0.29, 0.717) is 38.2 Å². The highest BCUT2D eigenvalue weighted by Gasteiger charge is 2.42. The molecule has 0 aromatic heterocycles. The molecule has 2 aromatic carbocycles. The molecule has 2 saturated heterocycles. The first-order chi connectivity index (χ1) is 17.0. The molecule has 0 radical (unpaired) electrons. The highest BCUT2D eigenvalue weighted by Crippen LogP contribution is 2.39. The van der Waals surface area contributed by atoms with E-state index in [0.717, 1.165) is 0 Å². The van der Waals surface area contributed by atoms with Crippen molar-refractivity contribution in [3.63, 3.8) is 0 Å². The number of ether oxygens (including phenoxy) is 4. The van der Waals surface area contributed by atoms with Gasteiger partial charge in [-0.25, -0.2) is 22.0 Å². The largest absolute Gasteiger partial charge is 0.432 e. The number of rotatable bonds is 5. The second-order valence-corrected chi connectivity index (χ2v) is 8.48. The Balaban J connectivity index is 0.00000176. The third-order valence-corrected chi connectivity index (χ3v) is 5.72. The molecule has 0 aliphatic carbocycles. The van der Waals surface area contributed by atoms with Crippen LogP contribution in [0.3, 0.4) is 0 Å². The zero-order valence-corrected chi connectivity index (χ0v) is 19.9. The standard InChI is InChI=1S/C23H21F7O4.C2H6/c1-11-8-32-22(33-9-11)12-2-3-19(31-10-12)13-4-15(24)20(16(25)5-13)23(29,30)34-14-6-17(26)21(28)18(27)7-14;1-2/h4-7,11-12,19,22H,2-3,8-10H2,1H3;1-2H3. The van der Waals surface area contributed by atoms with Gasteiger partial charge < -0.3 is 18.9 Å². The molecular formula is C25H27F7O4. The fourth-order valence-corrected chi connectivity index (χ4v) is 3.98. The van der Waals surface area contributed by atoms with Gasteiger partial charge in [-0.15, -0.1) is 0 Å². The minimum atomic E-state index is -4.64. The van der Waals surface area contributed by atoms with Crippen LogP contribution in [0.15, 0.2) is 24.3 Å². The summed E-state index contributed by atoms with van der Waals surface area (Å²) in [5.41, 5.74) is -1.75. The minimum Gasteiger partial charge on any atom is -0.429 e. The van der Waals surface area contributed by atoms with Crippen molar-refractivity contribution >= 4 is 0 Å². The SMILES string of the molecule is CC.CC1COC(C2CCC(c3cc(F)c(C(F)(F)Oc4cc(F)c(F)c(F)c4)c(F)c3)OC2)OC1. The van der Waals surface area contributed by atoms with Crippen molar-refractivity contribution < 1.29 is 49.7 Å². The summed E-state index contributed by atoms with van der Waals surface area (Å²) in [6.45, 7) is 7.28. The number of hydrogen-bond acceptors (Lipinski definition) is 4. The van der Waals surface area contributed by atoms with Gasteiger partial charge in [0.2, 0.25) is 0 Å². The van der Waals surface area contributed by atoms with Gasteiger partial charge in [0.15, 0.2) is 23.7 Å². The summed E-state index contributed by atoms with van der Waals surface area (Å²) in [5.74, 6) is -9.71. The summed E-state index contributed by atoms with van der Waals surface area (Å²) >= 11 is 0. The Morgan fingerprint density at radius 2 is 1.33 bits per heavy atom. The van der Waals surface area contributed by atoms with Crippen LogP contribution in [-0.2, 0) is 20.3 Å². The van der Waals surface area contributed by atoms with E-state index in [-0.39, 0.29) is 36.1 Å². The van der Waals surface area contributed by atoms with Crippen molar-refractivity contribution in [1.29, 1.82) is 0 Å². The molecule has 0 N–H and O–H groups in total. The zero-order chi connectivity index (χ0) is 26.6. The first kappa shape index (κ1) is 28.2. The molecule has 2 atom stereocenters. The van der Waals surface area contributed by atoms with Gasteiger partial charge in [-0.1, -0.05) is 20.8 Å². The minimum absolute atomic E-state index is 0.00553. The van der Waals surface area contributed by atoms with Crippen molar-refractivity contribution in [2.75, 3.05) is 19.8 Å². The molecule has 2 unspecified atom stereocenters. The maximum atomic E-state index is 14.6. The molecule has 0 spiro atoms. The van der Waals surface area contributed by atoms with Crippen LogP contribution in [0.5, 0.6) is 5.75 Å². The van der Waals surface area contributed by atoms with Crippen LogP contribution >= 0.6 is 0 Å². The summed E-state index contributed by atoms with van der Waals surface area (Å²) in [5, 5.41) is 0. The molecule has 2 aliphatic rings. The second-order valence-electron chi connectivity index (χ2n) is 8.48. The van der Waals surface area contributed by atoms with Gasteiger partial charge in [0, 0.05) is 24.0 Å². The highest BCUT2D eigenvalue weighted by molar-refractivity contribution is 5.32. The average molecular weight is 524 g/mol. The Kier molecular flexibility index (Phi) is 9.23. The summed E-state index contributed by atoms with van der Waals surface area (Å²) in [7, 11) is 0. The lowest BCUT2D eigenvalue weighted by atomic mass is 9.93. The third-order valence-electron chi connectivity index (χ3n) is 5.72. The first-order valence-corrected chi connectivity index (χ1v) is 11.6. The Hall–Kier alpha value is -2.37. The topological polar surface area (TPSA) is 36.9 Å². The molecule has 0 amide bonds. The molecule has 0 saturated carbocycles. The van der Waals surface area contributed by atoms with E-state index < -0.39 is 58.9 Å². The summed E-state index contributed by atoms with van der Waals surface area (Å²) in [6, 6.07) is 1.68. The smallest absolute Gasteiger partial charge is 0.429 e. The lowest BCUT2D eigenvalue weighted by Crippen LogP contribution is -2.40. The molecule has 200 valence electrons. The number of halogens is 7. The van der Waals surface area contributed by atoms with E-state index in [4.69, 9.17) is 14.2 Å². The van der Waals surface area contributed by atoms with E-state index in [2.05, 4.69) is 4.74 Å². The fourth-order valence-electron chi connectivity index (χ4n) is 3.98. The quantitative estimate of drug-likeness (QED) is 0.311. The van der Waals surface area contributed by atoms with Crippen LogP contribution in [0, 0.1) is 40.9 Å². The first-order valence-electron chi connectivity index (χ1n) is 11.6. The number of benzene rings is 2. The van der Waals surface area contributed by atoms with Gasteiger partial charge in [0.05, 0.1) is 25.9 Å². The van der Waals surface area contributed by atoms with Crippen molar-refractivity contribution in [2.45, 2.75) is 52.1 Å². The molecule has 0 bridgehead atoms. The van der Waals surface area contributed by atoms with E-state index in [1.54, 1.807) is 0 Å². The lowest BCUT2D eigenvalue weighted by molar-refractivity contribution is -0.239. The van der Waals surface area contributed by atoms with E-state index in [1.807, 2.05) is 20.8 Å². The Morgan fingerprint density at radius 3 is 1.83 bits per heavy atom. The summed E-state index contributed by atoms with van der Waals surface area (Å²) in [6.07, 6.45) is -4.91. The molecule has 4 rings (SSSR count). The Morgan fingerprint density at radius 1 is 0.778 bits per heavy atom. The van der Waals surface area contributed by atoms with Crippen molar-refractivity contribution in [3.05, 3.63) is 64.5 Å². The van der Waals surface area contributed by atoms with Gasteiger partial charge >= 0.3 is 6.11 Å². The molecule has 36 heavy (non-hydrogen) atoms. The summed E-state index contributed by atoms with van der Waals surface area (Å²) in [4.78, 5) is 0. The Labute approximate surface area is 204 Å². The molecular weight excluding hydrogens is 497 g/mol. The van der Waals surface area contributed by atoms with Gasteiger partial charge in [-0.05, 0) is 30.5 Å². The van der Waals surface area contributed by atoms with Gasteiger partial charge in [0.25, 0.3) is 0 Å². The molecule has 4 nitrogen and oxygen atoms in total. The fraction of sp³-hybridized carbons (Fsp3) is 0.520. The monoisotopic (exact) mass is 524 g/mol. The van der Waals surface area contributed by atoms with Crippen LogP contribution < -0.4 is 4.74 Å². The van der Waals surface area contributed by atoms with Crippen molar-refractivity contribution in [1.82, 2.24) is 0 Å². The predicted molar refractivity (Wildman–Crippen MR) is 115 cm³/mol. The van der Waals surface area contributed by atoms with E-state index >= 15 is 0 Å². The predicted octanol–water partition coefficient (Wildman–Crippen LogP) is 7.01. The van der Waals surface area contributed by atoms with E-state index in [1.165, 1.54) is 0 Å². The van der Waals surface area contributed by atoms with Crippen LogP contribution in [0.2, 0.25) is 0 Å². The maximum Gasteiger partial charge on any atom is 0.432 e. The lowest BCUT2D eigenvalue weighted by Gasteiger charge is -2.37. The molecule has 2 fully saturated rings. The van der Waals surface area contributed by atoms with Gasteiger partial charge in [-0.2, -0.15) is 8.78 Å². The van der Waals surface area contributed by atoms with E-state index in [9.17, 15) is 30.7 Å². The molecule has 2 aliphatic heterocycles. The zero-order valence-electron chi connectivity index (χ0n) is 19.9. The van der Waals surface area contributed by atoms with Crippen LogP contribution in [0.4, 0.5) is 30.7 Å². The van der Waals surface area contributed by atoms with Crippen LogP contribution in [0.25, 0.3) is 0 Å².